The normalized spacial score (nSPS) is 15.0. The summed E-state index contributed by atoms with van der Waals surface area (Å²) in [5.74, 6) is 0. The average molecular weight is 522 g/mol. The minimum absolute atomic E-state index is 0.968. The van der Waals surface area contributed by atoms with Gasteiger partial charge in [0.05, 0.1) is 0 Å². The molecule has 5 aromatic rings. The van der Waals surface area contributed by atoms with Crippen molar-refractivity contribution in [3.05, 3.63) is 83.4 Å². The number of benzene rings is 2. The average Bonchev–Trinajstić information content (AvgIpc) is 3.16. The quantitative estimate of drug-likeness (QED) is 0.239. The van der Waals surface area contributed by atoms with Gasteiger partial charge in [-0.05, 0) is 121 Å². The molecule has 0 amide bonds. The molecule has 3 aromatic heterocycles. The first-order valence-corrected chi connectivity index (χ1v) is 14.8. The summed E-state index contributed by atoms with van der Waals surface area (Å²) in [5.41, 5.74) is 12.3. The molecule has 2 aliphatic carbocycles. The second kappa shape index (κ2) is 9.72. The van der Waals surface area contributed by atoms with Gasteiger partial charge in [0.2, 0.25) is 0 Å². The zero-order valence-electron chi connectivity index (χ0n) is 22.0. The van der Waals surface area contributed by atoms with E-state index in [-0.39, 0.29) is 0 Å². The lowest BCUT2D eigenvalue weighted by molar-refractivity contribution is 0.633. The van der Waals surface area contributed by atoms with E-state index in [0.29, 0.717) is 0 Å². The monoisotopic (exact) mass is 521 g/mol. The molecule has 38 heavy (non-hydrogen) atoms. The lowest BCUT2D eigenvalue weighted by atomic mass is 9.81. The zero-order chi connectivity index (χ0) is 25.6. The largest absolute Gasteiger partial charge is 0.407 e. The Morgan fingerprint density at radius 2 is 1.05 bits per heavy atom. The van der Waals surface area contributed by atoms with E-state index in [9.17, 15) is 0 Å². The zero-order valence-corrected chi connectivity index (χ0v) is 22.9. The highest BCUT2D eigenvalue weighted by Crippen LogP contribution is 2.48. The van der Waals surface area contributed by atoms with Crippen molar-refractivity contribution >= 4 is 30.1 Å². The van der Waals surface area contributed by atoms with E-state index < -0.39 is 8.16 Å². The van der Waals surface area contributed by atoms with Crippen molar-refractivity contribution < 1.29 is 8.39 Å². The van der Waals surface area contributed by atoms with Crippen LogP contribution in [0.25, 0.3) is 44.2 Å². The lowest BCUT2D eigenvalue weighted by Gasteiger charge is -2.23. The fraction of sp³-hybridized carbons (Fsp3) is 0.312. The Morgan fingerprint density at radius 1 is 0.632 bits per heavy atom. The molecule has 0 saturated carbocycles. The number of hydrogen-bond donors (Lipinski definition) is 0. The van der Waals surface area contributed by atoms with Crippen molar-refractivity contribution in [3.8, 4) is 22.3 Å². The van der Waals surface area contributed by atoms with Crippen LogP contribution in [0.4, 0.5) is 0 Å². The Balaban J connectivity index is 1.76. The minimum Gasteiger partial charge on any atom is -0.407 e. The Labute approximate surface area is 224 Å². The van der Waals surface area contributed by atoms with Crippen LogP contribution in [0.5, 0.6) is 0 Å². The van der Waals surface area contributed by atoms with E-state index in [0.717, 1.165) is 59.1 Å². The van der Waals surface area contributed by atoms with E-state index >= 15 is 0 Å². The molecule has 0 saturated heterocycles. The number of aromatic nitrogens is 2. The highest BCUT2D eigenvalue weighted by atomic mass is 31.1. The SMILES string of the molecule is CN(C)p1oc2c(-c3ccncc3)cc3c(c2c2c4c(cc(-c5ccncc5)c2o1)CCCC4)CCCC3. The third kappa shape index (κ3) is 3.97. The minimum atomic E-state index is -1.37. The molecule has 0 radical (unpaired) electrons. The van der Waals surface area contributed by atoms with Gasteiger partial charge in [-0.1, -0.05) is 0 Å². The summed E-state index contributed by atoms with van der Waals surface area (Å²) in [7, 11) is 2.73. The highest BCUT2D eigenvalue weighted by molar-refractivity contribution is 7.38. The molecule has 0 unspecified atom stereocenters. The number of pyridine rings is 2. The van der Waals surface area contributed by atoms with Gasteiger partial charge in [-0.2, -0.15) is 0 Å². The summed E-state index contributed by atoms with van der Waals surface area (Å²) in [5, 5.41) is 2.54. The van der Waals surface area contributed by atoms with Crippen LogP contribution in [0, 0.1) is 0 Å². The van der Waals surface area contributed by atoms with E-state index in [2.05, 4.69) is 51.0 Å². The number of aryl methyl sites for hydroxylation is 4. The first kappa shape index (κ1) is 23.7. The molecule has 0 bridgehead atoms. The molecule has 5 nitrogen and oxygen atoms in total. The summed E-state index contributed by atoms with van der Waals surface area (Å²) in [6, 6.07) is 13.2. The van der Waals surface area contributed by atoms with Crippen molar-refractivity contribution in [2.45, 2.75) is 51.4 Å². The number of nitrogens with zero attached hydrogens (tertiary/aromatic N) is 3. The maximum atomic E-state index is 6.97. The maximum Gasteiger partial charge on any atom is 0.309 e. The third-order valence-corrected chi connectivity index (χ3v) is 9.43. The van der Waals surface area contributed by atoms with Gasteiger partial charge in [-0.25, -0.2) is 4.67 Å². The summed E-state index contributed by atoms with van der Waals surface area (Å²) < 4.78 is 16.0. The van der Waals surface area contributed by atoms with Crippen LogP contribution in [0.3, 0.4) is 0 Å². The summed E-state index contributed by atoms with van der Waals surface area (Å²) >= 11 is 0. The summed E-state index contributed by atoms with van der Waals surface area (Å²) in [6.07, 6.45) is 16.7. The molecule has 2 aromatic carbocycles. The third-order valence-electron chi connectivity index (χ3n) is 8.10. The van der Waals surface area contributed by atoms with Crippen molar-refractivity contribution in [2.75, 3.05) is 18.8 Å². The first-order chi connectivity index (χ1) is 18.7. The fourth-order valence-electron chi connectivity index (χ4n) is 6.32. The van der Waals surface area contributed by atoms with Gasteiger partial charge >= 0.3 is 8.16 Å². The van der Waals surface area contributed by atoms with Crippen LogP contribution in [0.2, 0.25) is 0 Å². The van der Waals surface area contributed by atoms with Gasteiger partial charge in [-0.3, -0.25) is 9.97 Å². The van der Waals surface area contributed by atoms with Gasteiger partial charge in [0, 0.05) is 60.8 Å². The molecule has 2 aliphatic rings. The van der Waals surface area contributed by atoms with Crippen LogP contribution in [0.1, 0.15) is 47.9 Å². The molecule has 0 spiro atoms. The van der Waals surface area contributed by atoms with Gasteiger partial charge in [-0.15, -0.1) is 0 Å². The van der Waals surface area contributed by atoms with Crippen LogP contribution in [-0.2, 0) is 25.7 Å². The molecule has 7 rings (SSSR count). The Hall–Kier alpha value is -3.40. The van der Waals surface area contributed by atoms with Crippen molar-refractivity contribution in [1.29, 1.82) is 0 Å². The van der Waals surface area contributed by atoms with Crippen LogP contribution in [-0.4, -0.2) is 24.1 Å². The topological polar surface area (TPSA) is 55.3 Å². The number of rotatable bonds is 3. The molecule has 6 heteroatoms. The van der Waals surface area contributed by atoms with E-state index in [1.54, 1.807) is 0 Å². The number of fused-ring (bicyclic) bond motifs is 7. The van der Waals surface area contributed by atoms with Crippen LogP contribution < -0.4 is 4.67 Å². The summed E-state index contributed by atoms with van der Waals surface area (Å²) in [6.45, 7) is 0. The predicted molar refractivity (Wildman–Crippen MR) is 156 cm³/mol. The second-order valence-corrected chi connectivity index (χ2v) is 12.3. The fourth-order valence-corrected chi connectivity index (χ4v) is 7.37. The van der Waals surface area contributed by atoms with E-state index in [1.165, 1.54) is 58.7 Å². The maximum absolute atomic E-state index is 6.97. The van der Waals surface area contributed by atoms with Crippen molar-refractivity contribution in [1.82, 2.24) is 9.97 Å². The molecule has 0 aliphatic heterocycles. The van der Waals surface area contributed by atoms with Gasteiger partial charge in [0.25, 0.3) is 0 Å². The first-order valence-electron chi connectivity index (χ1n) is 13.7. The van der Waals surface area contributed by atoms with Crippen LogP contribution in [0.15, 0.2) is 69.6 Å². The van der Waals surface area contributed by atoms with Crippen LogP contribution >= 0.6 is 8.16 Å². The van der Waals surface area contributed by atoms with Gasteiger partial charge in [0.15, 0.2) is 11.2 Å². The van der Waals surface area contributed by atoms with Gasteiger partial charge in [0.1, 0.15) is 0 Å². The Kier molecular flexibility index (Phi) is 6.06. The molecular formula is C32H32N3O2P. The highest BCUT2D eigenvalue weighted by Gasteiger charge is 2.26. The van der Waals surface area contributed by atoms with Crippen molar-refractivity contribution in [3.63, 3.8) is 0 Å². The Bertz CT molecular complexity index is 1570. The Morgan fingerprint density at radius 3 is 1.47 bits per heavy atom. The molecule has 0 atom stereocenters. The second-order valence-electron chi connectivity index (χ2n) is 10.7. The smallest absolute Gasteiger partial charge is 0.309 e. The van der Waals surface area contributed by atoms with Gasteiger partial charge < -0.3 is 8.39 Å². The molecule has 0 fully saturated rings. The lowest BCUT2D eigenvalue weighted by Crippen LogP contribution is -2.07. The van der Waals surface area contributed by atoms with E-state index in [1.807, 2.05) is 38.9 Å². The molecular weight excluding hydrogens is 489 g/mol. The molecule has 192 valence electrons. The molecule has 0 N–H and O–H groups in total. The summed E-state index contributed by atoms with van der Waals surface area (Å²) in [4.78, 5) is 8.59. The predicted octanol–water partition coefficient (Wildman–Crippen LogP) is 8.37. The van der Waals surface area contributed by atoms with Crippen molar-refractivity contribution in [2.24, 2.45) is 0 Å². The van der Waals surface area contributed by atoms with E-state index in [4.69, 9.17) is 8.39 Å². The standard InChI is InChI=1S/C32H32N3O2P/c1-35(2)38-36-31-27(21-11-15-33-16-12-21)19-23-7-3-5-9-25(23)29(31)30-26-10-6-4-8-24(26)20-28(32(30)37-38)22-13-17-34-18-14-22/h11-20H,3-10H2,1-2H3. The number of hydrogen-bond acceptors (Lipinski definition) is 5. The molecule has 3 heterocycles.